The van der Waals surface area contributed by atoms with Gasteiger partial charge in [0.1, 0.15) is 0 Å². The molecule has 0 unspecified atom stereocenters. The van der Waals surface area contributed by atoms with Crippen LogP contribution in [0.25, 0.3) is 0 Å². The zero-order valence-electron chi connectivity index (χ0n) is 2.96. The van der Waals surface area contributed by atoms with Crippen molar-refractivity contribution in [3.63, 3.8) is 0 Å². The van der Waals surface area contributed by atoms with Crippen LogP contribution in [0.2, 0.25) is 0 Å². The number of rotatable bonds is 0. The van der Waals surface area contributed by atoms with Crippen LogP contribution in [0.5, 0.6) is 0 Å². The molecular formula is H2CuFeMnO3Pb. The molecule has 50 valence electrons. The Balaban J connectivity index is -0.00000000900. The fraction of sp³-hybridized carbons (Fsp3) is 0. The molecule has 0 atom stereocenters. The Bertz CT molecular complexity index is 19.7. The van der Waals surface area contributed by atoms with Gasteiger partial charge in [-0.1, -0.05) is 0 Å². The monoisotopic (exact) mass is 432 g/mol. The summed E-state index contributed by atoms with van der Waals surface area (Å²) >= 11 is 6.62. The fourth-order valence-electron chi connectivity index (χ4n) is 0. The van der Waals surface area contributed by atoms with E-state index >= 15 is 0 Å². The van der Waals surface area contributed by atoms with Crippen molar-refractivity contribution in [1.29, 1.82) is 0 Å². The summed E-state index contributed by atoms with van der Waals surface area (Å²) in [5.74, 6) is 0. The van der Waals surface area contributed by atoms with Gasteiger partial charge in [-0.3, -0.25) is 0 Å². The van der Waals surface area contributed by atoms with E-state index in [4.69, 9.17) is 11.5 Å². The first-order valence-electron chi connectivity index (χ1n) is 0.422. The molecule has 0 aliphatic rings. The fourth-order valence-corrected chi connectivity index (χ4v) is 0. The molecule has 0 bridgehead atoms. The summed E-state index contributed by atoms with van der Waals surface area (Å²) in [6, 6.07) is 0. The van der Waals surface area contributed by atoms with Crippen molar-refractivity contribution in [2.45, 2.75) is 0 Å². The minimum atomic E-state index is 0. The van der Waals surface area contributed by atoms with Gasteiger partial charge in [-0.05, 0) is 0 Å². The second-order valence-electron chi connectivity index (χ2n) is 0. The SMILES string of the molecule is [O]=[Cu].[O]=[Fe].[O]=[Mn].[PbH2]. The summed E-state index contributed by atoms with van der Waals surface area (Å²) in [6.07, 6.45) is 0. The quantitative estimate of drug-likeness (QED) is 0.449. The number of hydrogen-bond donors (Lipinski definition) is 0. The van der Waals surface area contributed by atoms with Crippen LogP contribution in [0.3, 0.4) is 0 Å². The van der Waals surface area contributed by atoms with Crippen molar-refractivity contribution in [3.8, 4) is 0 Å². The Labute approximate surface area is 85.6 Å². The van der Waals surface area contributed by atoms with E-state index in [0.717, 1.165) is 0 Å². The standard InChI is InChI=1S/Cu.Fe.Mn.3O.Pb.2H. The van der Waals surface area contributed by atoms with Crippen molar-refractivity contribution >= 4 is 27.3 Å². The van der Waals surface area contributed by atoms with E-state index in [0.29, 0.717) is 0 Å². The Hall–Kier alpha value is 1.88. The second-order valence-corrected chi connectivity index (χ2v) is 0. The molecule has 0 N–H and O–H groups in total. The molecule has 7 heavy (non-hydrogen) atoms. The van der Waals surface area contributed by atoms with Crippen LogP contribution in [0.15, 0.2) is 0 Å². The third kappa shape index (κ3) is 77.1. The third-order valence-electron chi connectivity index (χ3n) is 0. The van der Waals surface area contributed by atoms with Crippen molar-refractivity contribution < 1.29 is 59.3 Å². The van der Waals surface area contributed by atoms with Gasteiger partial charge in [0.05, 0.1) is 0 Å². The maximum absolute atomic E-state index is 8.06. The van der Waals surface area contributed by atoms with Gasteiger partial charge in [-0.15, -0.1) is 0 Å². The Morgan fingerprint density at radius 3 is 1.14 bits per heavy atom. The predicted molar refractivity (Wildman–Crippen MR) is 10.6 cm³/mol. The molecule has 0 fully saturated rings. The minimum absolute atomic E-state index is 0. The molecule has 0 aromatic rings. The summed E-state index contributed by atoms with van der Waals surface area (Å²) in [5.41, 5.74) is 0. The van der Waals surface area contributed by atoms with Crippen LogP contribution in [0, 0.1) is 0 Å². The molecular weight excluding hydrogens is 430 g/mol. The molecule has 2 radical (unpaired) electrons. The van der Waals surface area contributed by atoms with E-state index in [1.54, 1.807) is 15.9 Å². The first-order valence-corrected chi connectivity index (χ1v) is 1.74. The van der Waals surface area contributed by atoms with Gasteiger partial charge in [0.15, 0.2) is 0 Å². The molecule has 0 aliphatic carbocycles. The van der Waals surface area contributed by atoms with Crippen molar-refractivity contribution in [1.82, 2.24) is 0 Å². The normalized spacial score (nSPS) is 2.14. The first-order chi connectivity index (χ1) is 3.00. The van der Waals surface area contributed by atoms with E-state index in [-0.39, 0.29) is 27.3 Å². The van der Waals surface area contributed by atoms with Gasteiger partial charge >= 0.3 is 86.6 Å². The molecule has 0 saturated heterocycles. The summed E-state index contributed by atoms with van der Waals surface area (Å²) in [5, 5.41) is 0. The van der Waals surface area contributed by atoms with E-state index in [9.17, 15) is 0 Å². The van der Waals surface area contributed by atoms with Crippen LogP contribution < -0.4 is 0 Å². The van der Waals surface area contributed by atoms with Gasteiger partial charge in [0.2, 0.25) is 0 Å². The van der Waals surface area contributed by atoms with Crippen LogP contribution in [-0.2, 0) is 59.3 Å². The van der Waals surface area contributed by atoms with Crippen molar-refractivity contribution in [3.05, 3.63) is 0 Å². The topological polar surface area (TPSA) is 51.2 Å². The summed E-state index contributed by atoms with van der Waals surface area (Å²) in [6.45, 7) is 0. The molecule has 0 aromatic heterocycles. The summed E-state index contributed by atoms with van der Waals surface area (Å²) in [4.78, 5) is 0. The predicted octanol–water partition coefficient (Wildman–Crippen LogP) is -1.28. The first kappa shape index (κ1) is 23.2. The molecule has 0 heterocycles. The maximum atomic E-state index is 8.06. The van der Waals surface area contributed by atoms with Gasteiger partial charge in [0, 0.05) is 0 Å². The number of hydrogen-bond acceptors (Lipinski definition) is 3. The second kappa shape index (κ2) is 105. The average molecular weight is 432 g/mol. The molecule has 0 aromatic carbocycles. The van der Waals surface area contributed by atoms with Crippen LogP contribution in [0.4, 0.5) is 0 Å². The molecule has 0 spiro atoms. The van der Waals surface area contributed by atoms with E-state index in [1.165, 1.54) is 0 Å². The van der Waals surface area contributed by atoms with E-state index < -0.39 is 0 Å². The molecule has 3 nitrogen and oxygen atoms in total. The van der Waals surface area contributed by atoms with Crippen molar-refractivity contribution in [2.24, 2.45) is 0 Å². The zero-order chi connectivity index (χ0) is 6.00. The molecule has 7 heteroatoms. The third-order valence-corrected chi connectivity index (χ3v) is 0. The molecule has 0 rings (SSSR count). The van der Waals surface area contributed by atoms with Crippen molar-refractivity contribution in [2.75, 3.05) is 0 Å². The van der Waals surface area contributed by atoms with Gasteiger partial charge in [-0.25, -0.2) is 0 Å². The van der Waals surface area contributed by atoms with Crippen LogP contribution in [-0.4, -0.2) is 27.3 Å². The van der Waals surface area contributed by atoms with Gasteiger partial charge in [-0.2, -0.15) is 0 Å². The van der Waals surface area contributed by atoms with Gasteiger partial charge in [0.25, 0.3) is 0 Å². The van der Waals surface area contributed by atoms with Gasteiger partial charge < -0.3 is 0 Å². The molecule has 0 aliphatic heterocycles. The molecule has 0 saturated carbocycles. The summed E-state index contributed by atoms with van der Waals surface area (Å²) < 4.78 is 23.9. The Morgan fingerprint density at radius 1 is 1.14 bits per heavy atom. The van der Waals surface area contributed by atoms with Crippen LogP contribution >= 0.6 is 0 Å². The molecule has 0 amide bonds. The summed E-state index contributed by atoms with van der Waals surface area (Å²) in [7, 11) is 0. The average Bonchev–Trinajstić information content (AvgIpc) is 1.81. The van der Waals surface area contributed by atoms with E-state index in [1.807, 2.05) is 15.9 Å². The van der Waals surface area contributed by atoms with Crippen LogP contribution in [0.1, 0.15) is 0 Å². The Kier molecular flexibility index (Phi) is 349. The zero-order valence-corrected chi connectivity index (χ0v) is 11.7. The van der Waals surface area contributed by atoms with E-state index in [2.05, 4.69) is 15.9 Å². The Morgan fingerprint density at radius 2 is 1.14 bits per heavy atom.